The van der Waals surface area contributed by atoms with Crippen LogP contribution in [0.2, 0.25) is 0 Å². The van der Waals surface area contributed by atoms with Crippen LogP contribution in [0.25, 0.3) is 11.6 Å². The predicted octanol–water partition coefficient (Wildman–Crippen LogP) is 4.92. The number of hydrogen-bond acceptors (Lipinski definition) is 6. The average molecular weight is 629 g/mol. The summed E-state index contributed by atoms with van der Waals surface area (Å²) in [5.41, 5.74) is 5.43. The van der Waals surface area contributed by atoms with Crippen LogP contribution >= 0.6 is 22.6 Å². The maximum atomic E-state index is 13.0. The summed E-state index contributed by atoms with van der Waals surface area (Å²) in [5.74, 6) is -0.366. The van der Waals surface area contributed by atoms with Crippen LogP contribution in [0.4, 0.5) is 0 Å². The number of ether oxygens (including phenoxy) is 3. The third-order valence-electron chi connectivity index (χ3n) is 7.98. The molecule has 0 bridgehead atoms. The lowest BCUT2D eigenvalue weighted by molar-refractivity contribution is -0.138. The highest BCUT2D eigenvalue weighted by molar-refractivity contribution is 14.1. The first kappa shape index (κ1) is 26.9. The van der Waals surface area contributed by atoms with Gasteiger partial charge in [0.25, 0.3) is 0 Å². The Balaban J connectivity index is 1.45. The summed E-state index contributed by atoms with van der Waals surface area (Å²) in [6, 6.07) is 14.0. The lowest BCUT2D eigenvalue weighted by Crippen LogP contribution is -2.34. The molecule has 8 heteroatoms. The first-order valence-electron chi connectivity index (χ1n) is 12.8. The van der Waals surface area contributed by atoms with E-state index in [9.17, 15) is 14.7 Å². The van der Waals surface area contributed by atoms with E-state index in [4.69, 9.17) is 14.2 Å². The molecule has 2 amide bonds. The summed E-state index contributed by atoms with van der Waals surface area (Å²) in [6.45, 7) is 0.881. The van der Waals surface area contributed by atoms with Gasteiger partial charge in [-0.05, 0) is 81.8 Å². The third-order valence-corrected chi connectivity index (χ3v) is 8.80. The standard InChI is InChI=1S/C30H32INO6/c1-32-29(34)21-14-20(15-36-2)26-22(27(21)30(32)35)16-38-24(26)10-9-19(18-7-5-4-6-8-18)11-17-12-23(31)28(33)25(13-17)37-3/h4-8,11-13,21-22,24,27,33H,9-10,14-16H2,1-3H3/b19-11-/t21-,22+,24-,27-/m1/s1. The normalized spacial score (nSPS) is 25.2. The number of likely N-dealkylation sites (tertiary alicyclic amines) is 1. The molecule has 2 fully saturated rings. The van der Waals surface area contributed by atoms with E-state index in [0.717, 1.165) is 44.3 Å². The fourth-order valence-electron chi connectivity index (χ4n) is 6.21. The monoisotopic (exact) mass is 629 g/mol. The Morgan fingerprint density at radius 3 is 2.63 bits per heavy atom. The maximum Gasteiger partial charge on any atom is 0.233 e. The van der Waals surface area contributed by atoms with Crippen LogP contribution in [0.1, 0.15) is 30.4 Å². The third kappa shape index (κ3) is 4.89. The van der Waals surface area contributed by atoms with Crippen LogP contribution in [-0.4, -0.2) is 62.4 Å². The lowest BCUT2D eigenvalue weighted by atomic mass is 9.69. The Hall–Kier alpha value is -2.69. The molecular weight excluding hydrogens is 597 g/mol. The smallest absolute Gasteiger partial charge is 0.233 e. The number of imide groups is 1. The molecule has 4 atom stereocenters. The second kappa shape index (κ2) is 11.2. The van der Waals surface area contributed by atoms with Gasteiger partial charge in [-0.1, -0.05) is 36.4 Å². The SMILES string of the molecule is COCC1=C2[C@@H](CC/C(=C/c3cc(I)c(O)c(OC)c3)c3ccccc3)OC[C@@H]2[C@@H]2C(=O)N(C)C(=O)[C@@H]2C1. The number of benzene rings is 2. The molecule has 5 rings (SSSR count). The Morgan fingerprint density at radius 2 is 1.92 bits per heavy atom. The summed E-state index contributed by atoms with van der Waals surface area (Å²) in [4.78, 5) is 27.0. The summed E-state index contributed by atoms with van der Waals surface area (Å²) < 4.78 is 17.9. The lowest BCUT2D eigenvalue weighted by Gasteiger charge is -2.31. The largest absolute Gasteiger partial charge is 0.504 e. The van der Waals surface area contributed by atoms with Gasteiger partial charge in [-0.15, -0.1) is 0 Å². The fourth-order valence-corrected chi connectivity index (χ4v) is 6.84. The Morgan fingerprint density at radius 1 is 1.16 bits per heavy atom. The number of phenols is 1. The number of fused-ring (bicyclic) bond motifs is 3. The van der Waals surface area contributed by atoms with E-state index in [0.29, 0.717) is 25.4 Å². The van der Waals surface area contributed by atoms with Crippen molar-refractivity contribution in [2.24, 2.45) is 17.8 Å². The van der Waals surface area contributed by atoms with E-state index in [1.54, 1.807) is 21.3 Å². The minimum atomic E-state index is -0.344. The molecule has 200 valence electrons. The van der Waals surface area contributed by atoms with E-state index in [2.05, 4.69) is 40.8 Å². The van der Waals surface area contributed by atoms with Gasteiger partial charge < -0.3 is 19.3 Å². The van der Waals surface area contributed by atoms with Crippen LogP contribution < -0.4 is 4.74 Å². The van der Waals surface area contributed by atoms with Gasteiger partial charge in [0.15, 0.2) is 11.5 Å². The van der Waals surface area contributed by atoms with Crippen molar-refractivity contribution < 1.29 is 28.9 Å². The quantitative estimate of drug-likeness (QED) is 0.193. The first-order chi connectivity index (χ1) is 18.3. The second-order valence-corrected chi connectivity index (χ2v) is 11.3. The number of carbonyl (C=O) groups is 2. The number of nitrogens with zero attached hydrogens (tertiary/aromatic N) is 1. The molecule has 38 heavy (non-hydrogen) atoms. The van der Waals surface area contributed by atoms with Crippen LogP contribution in [0, 0.1) is 21.3 Å². The van der Waals surface area contributed by atoms with Gasteiger partial charge in [0.1, 0.15) is 0 Å². The molecule has 2 saturated heterocycles. The molecule has 7 nitrogen and oxygen atoms in total. The van der Waals surface area contributed by atoms with Crippen molar-refractivity contribution in [2.45, 2.75) is 25.4 Å². The van der Waals surface area contributed by atoms with Crippen molar-refractivity contribution in [3.63, 3.8) is 0 Å². The molecule has 0 aromatic heterocycles. The zero-order chi connectivity index (χ0) is 27.0. The highest BCUT2D eigenvalue weighted by Crippen LogP contribution is 2.49. The Labute approximate surface area is 236 Å². The van der Waals surface area contributed by atoms with Crippen molar-refractivity contribution in [1.82, 2.24) is 4.90 Å². The highest BCUT2D eigenvalue weighted by Gasteiger charge is 2.56. The number of carbonyl (C=O) groups excluding carboxylic acids is 2. The zero-order valence-electron chi connectivity index (χ0n) is 21.8. The molecular formula is C30H32INO6. The number of hydrogen-bond donors (Lipinski definition) is 1. The Kier molecular flexibility index (Phi) is 7.93. The number of halogens is 1. The van der Waals surface area contributed by atoms with Crippen LogP contribution in [0.15, 0.2) is 53.6 Å². The molecule has 1 aliphatic carbocycles. The van der Waals surface area contributed by atoms with E-state index in [-0.39, 0.29) is 41.4 Å². The van der Waals surface area contributed by atoms with E-state index in [1.807, 2.05) is 30.3 Å². The molecule has 2 heterocycles. The van der Waals surface area contributed by atoms with Crippen LogP contribution in [0.3, 0.4) is 0 Å². The first-order valence-corrected chi connectivity index (χ1v) is 13.9. The summed E-state index contributed by atoms with van der Waals surface area (Å²) >= 11 is 2.11. The topological polar surface area (TPSA) is 85.3 Å². The average Bonchev–Trinajstić information content (AvgIpc) is 3.44. The highest BCUT2D eigenvalue weighted by atomic mass is 127. The van der Waals surface area contributed by atoms with Crippen LogP contribution in [0.5, 0.6) is 11.5 Å². The van der Waals surface area contributed by atoms with Crippen molar-refractivity contribution in [3.8, 4) is 11.5 Å². The van der Waals surface area contributed by atoms with E-state index in [1.165, 1.54) is 4.90 Å². The number of methoxy groups -OCH3 is 2. The molecule has 0 unspecified atom stereocenters. The van der Waals surface area contributed by atoms with Gasteiger partial charge in [0.05, 0.1) is 41.8 Å². The van der Waals surface area contributed by atoms with E-state index < -0.39 is 0 Å². The van der Waals surface area contributed by atoms with Gasteiger partial charge in [-0.25, -0.2) is 0 Å². The molecule has 2 aliphatic heterocycles. The molecule has 1 N–H and O–H groups in total. The fraction of sp³-hybridized carbons (Fsp3) is 0.400. The van der Waals surface area contributed by atoms with Crippen molar-refractivity contribution in [2.75, 3.05) is 34.5 Å². The molecule has 3 aliphatic rings. The zero-order valence-corrected chi connectivity index (χ0v) is 23.9. The molecule has 2 aromatic rings. The van der Waals surface area contributed by atoms with Gasteiger partial charge in [-0.3, -0.25) is 14.5 Å². The molecule has 0 saturated carbocycles. The van der Waals surface area contributed by atoms with Gasteiger partial charge in [0.2, 0.25) is 11.8 Å². The minimum absolute atomic E-state index is 0.0857. The molecule has 2 aromatic carbocycles. The number of phenolic OH excluding ortho intramolecular Hbond substituents is 1. The number of allylic oxidation sites excluding steroid dienone is 1. The van der Waals surface area contributed by atoms with Gasteiger partial charge in [0, 0.05) is 20.1 Å². The van der Waals surface area contributed by atoms with Gasteiger partial charge in [-0.2, -0.15) is 0 Å². The van der Waals surface area contributed by atoms with Crippen molar-refractivity contribution in [3.05, 3.63) is 68.3 Å². The predicted molar refractivity (Wildman–Crippen MR) is 152 cm³/mol. The number of amides is 2. The maximum absolute atomic E-state index is 13.0. The summed E-state index contributed by atoms with van der Waals surface area (Å²) in [7, 11) is 4.80. The summed E-state index contributed by atoms with van der Waals surface area (Å²) in [5, 5.41) is 10.3. The van der Waals surface area contributed by atoms with Crippen molar-refractivity contribution in [1.29, 1.82) is 0 Å². The molecule has 0 spiro atoms. The molecule has 0 radical (unpaired) electrons. The van der Waals surface area contributed by atoms with Gasteiger partial charge >= 0.3 is 0 Å². The summed E-state index contributed by atoms with van der Waals surface area (Å²) in [6.07, 6.45) is 4.02. The Bertz CT molecular complexity index is 1300. The van der Waals surface area contributed by atoms with Crippen molar-refractivity contribution >= 4 is 46.1 Å². The van der Waals surface area contributed by atoms with Crippen LogP contribution in [-0.2, 0) is 19.1 Å². The second-order valence-electron chi connectivity index (χ2n) is 10.1. The minimum Gasteiger partial charge on any atom is -0.504 e. The van der Waals surface area contributed by atoms with E-state index >= 15 is 0 Å². The number of aromatic hydroxyl groups is 1. The number of rotatable bonds is 8.